The molecule has 1 unspecified atom stereocenters. The zero-order valence-electron chi connectivity index (χ0n) is 5.75. The Labute approximate surface area is 64.6 Å². The minimum Gasteiger partial charge on any atom is -0.373 e. The SMILES string of the molecule is c1cc(CCC2CO2)cs1. The molecule has 2 rings (SSSR count). The fourth-order valence-corrected chi connectivity index (χ4v) is 1.70. The first-order valence-corrected chi connectivity index (χ1v) is 4.52. The van der Waals surface area contributed by atoms with Gasteiger partial charge in [0.1, 0.15) is 0 Å². The predicted molar refractivity (Wildman–Crippen MR) is 42.4 cm³/mol. The standard InChI is InChI=1S/C8H10OS/c1(2-8-5-9-8)7-3-4-10-6-7/h3-4,6,8H,1-2,5H2. The van der Waals surface area contributed by atoms with Crippen molar-refractivity contribution in [3.63, 3.8) is 0 Å². The molecule has 1 nitrogen and oxygen atoms in total. The van der Waals surface area contributed by atoms with Crippen molar-refractivity contribution in [1.82, 2.24) is 0 Å². The van der Waals surface area contributed by atoms with Gasteiger partial charge < -0.3 is 4.74 Å². The number of thiophene rings is 1. The van der Waals surface area contributed by atoms with Gasteiger partial charge in [0.05, 0.1) is 12.7 Å². The van der Waals surface area contributed by atoms with E-state index < -0.39 is 0 Å². The van der Waals surface area contributed by atoms with E-state index in [2.05, 4.69) is 16.8 Å². The summed E-state index contributed by atoms with van der Waals surface area (Å²) in [4.78, 5) is 0. The zero-order valence-corrected chi connectivity index (χ0v) is 6.56. The Bertz CT molecular complexity index is 189. The van der Waals surface area contributed by atoms with Crippen molar-refractivity contribution in [3.05, 3.63) is 22.4 Å². The molecule has 0 bridgehead atoms. The second kappa shape index (κ2) is 2.72. The van der Waals surface area contributed by atoms with Gasteiger partial charge in [-0.05, 0) is 35.2 Å². The zero-order chi connectivity index (χ0) is 6.81. The Kier molecular flexibility index (Phi) is 1.74. The summed E-state index contributed by atoms with van der Waals surface area (Å²) < 4.78 is 5.11. The van der Waals surface area contributed by atoms with E-state index in [1.165, 1.54) is 18.4 Å². The summed E-state index contributed by atoms with van der Waals surface area (Å²) in [5, 5.41) is 4.34. The topological polar surface area (TPSA) is 12.5 Å². The molecule has 0 aromatic carbocycles. The highest BCUT2D eigenvalue weighted by atomic mass is 32.1. The maximum atomic E-state index is 5.11. The normalized spacial score (nSPS) is 23.0. The van der Waals surface area contributed by atoms with Gasteiger partial charge in [0, 0.05) is 0 Å². The van der Waals surface area contributed by atoms with Crippen LogP contribution in [0.3, 0.4) is 0 Å². The maximum Gasteiger partial charge on any atom is 0.0813 e. The number of aryl methyl sites for hydroxylation is 1. The number of epoxide rings is 1. The maximum absolute atomic E-state index is 5.11. The van der Waals surface area contributed by atoms with E-state index >= 15 is 0 Å². The lowest BCUT2D eigenvalue weighted by Gasteiger charge is -1.90. The lowest BCUT2D eigenvalue weighted by molar-refractivity contribution is 0.397. The van der Waals surface area contributed by atoms with Crippen LogP contribution in [0.2, 0.25) is 0 Å². The molecule has 1 atom stereocenters. The van der Waals surface area contributed by atoms with Crippen molar-refractivity contribution in [2.75, 3.05) is 6.61 Å². The molecule has 0 spiro atoms. The first-order valence-electron chi connectivity index (χ1n) is 3.58. The van der Waals surface area contributed by atoms with Crippen LogP contribution in [0, 0.1) is 0 Å². The highest BCUT2D eigenvalue weighted by Gasteiger charge is 2.21. The van der Waals surface area contributed by atoms with Crippen molar-refractivity contribution < 1.29 is 4.74 Å². The van der Waals surface area contributed by atoms with Gasteiger partial charge in [-0.1, -0.05) is 0 Å². The Balaban J connectivity index is 1.79. The van der Waals surface area contributed by atoms with E-state index in [1.807, 2.05) is 0 Å². The monoisotopic (exact) mass is 154 g/mol. The highest BCUT2D eigenvalue weighted by molar-refractivity contribution is 7.07. The van der Waals surface area contributed by atoms with Crippen LogP contribution in [0.25, 0.3) is 0 Å². The van der Waals surface area contributed by atoms with E-state index in [0.29, 0.717) is 6.10 Å². The van der Waals surface area contributed by atoms with Gasteiger partial charge in [-0.3, -0.25) is 0 Å². The van der Waals surface area contributed by atoms with Crippen LogP contribution in [-0.2, 0) is 11.2 Å². The largest absolute Gasteiger partial charge is 0.373 e. The smallest absolute Gasteiger partial charge is 0.0813 e. The summed E-state index contributed by atoms with van der Waals surface area (Å²) in [5.41, 5.74) is 1.46. The summed E-state index contributed by atoms with van der Waals surface area (Å²) in [7, 11) is 0. The minimum absolute atomic E-state index is 0.583. The van der Waals surface area contributed by atoms with Crippen LogP contribution in [0.15, 0.2) is 16.8 Å². The molecule has 0 aliphatic carbocycles. The molecule has 2 heterocycles. The summed E-state index contributed by atoms with van der Waals surface area (Å²) >= 11 is 1.77. The van der Waals surface area contributed by atoms with Gasteiger partial charge in [0.25, 0.3) is 0 Å². The molecule has 1 aromatic rings. The van der Waals surface area contributed by atoms with Gasteiger partial charge in [-0.25, -0.2) is 0 Å². The van der Waals surface area contributed by atoms with Crippen molar-refractivity contribution in [1.29, 1.82) is 0 Å². The van der Waals surface area contributed by atoms with Gasteiger partial charge in [0.15, 0.2) is 0 Å². The van der Waals surface area contributed by atoms with E-state index in [0.717, 1.165) is 6.61 Å². The fraction of sp³-hybridized carbons (Fsp3) is 0.500. The fourth-order valence-electron chi connectivity index (χ4n) is 0.997. The molecule has 54 valence electrons. The minimum atomic E-state index is 0.583. The number of hydrogen-bond donors (Lipinski definition) is 0. The molecule has 1 fully saturated rings. The van der Waals surface area contributed by atoms with Crippen LogP contribution in [0.1, 0.15) is 12.0 Å². The van der Waals surface area contributed by atoms with Gasteiger partial charge in [0.2, 0.25) is 0 Å². The van der Waals surface area contributed by atoms with E-state index in [9.17, 15) is 0 Å². The summed E-state index contributed by atoms with van der Waals surface area (Å²) in [6, 6.07) is 2.19. The first-order chi connectivity index (χ1) is 4.95. The van der Waals surface area contributed by atoms with Crippen LogP contribution in [0.4, 0.5) is 0 Å². The van der Waals surface area contributed by atoms with Crippen LogP contribution in [-0.4, -0.2) is 12.7 Å². The average Bonchev–Trinajstić information content (AvgIpc) is 2.63. The van der Waals surface area contributed by atoms with E-state index in [1.54, 1.807) is 11.3 Å². The third-order valence-electron chi connectivity index (χ3n) is 1.74. The summed E-state index contributed by atoms with van der Waals surface area (Å²) in [5.74, 6) is 0. The Morgan fingerprint density at radius 3 is 3.20 bits per heavy atom. The van der Waals surface area contributed by atoms with Gasteiger partial charge >= 0.3 is 0 Å². The summed E-state index contributed by atoms with van der Waals surface area (Å²) in [6.07, 6.45) is 2.98. The van der Waals surface area contributed by atoms with Gasteiger partial charge in [-0.2, -0.15) is 11.3 Å². The third kappa shape index (κ3) is 1.58. The first kappa shape index (κ1) is 6.38. The van der Waals surface area contributed by atoms with Crippen LogP contribution in [0.5, 0.6) is 0 Å². The molecule has 0 amide bonds. The Morgan fingerprint density at radius 1 is 1.70 bits per heavy atom. The number of ether oxygens (including phenoxy) is 1. The molecule has 1 aliphatic heterocycles. The molecule has 0 N–H and O–H groups in total. The van der Waals surface area contributed by atoms with E-state index in [4.69, 9.17) is 4.74 Å². The highest BCUT2D eigenvalue weighted by Crippen LogP contribution is 2.17. The van der Waals surface area contributed by atoms with Crippen LogP contribution < -0.4 is 0 Å². The second-order valence-electron chi connectivity index (χ2n) is 2.63. The molecular formula is C8H10OS. The second-order valence-corrected chi connectivity index (χ2v) is 3.41. The molecular weight excluding hydrogens is 144 g/mol. The third-order valence-corrected chi connectivity index (χ3v) is 2.47. The lowest BCUT2D eigenvalue weighted by atomic mass is 10.1. The molecule has 1 aromatic heterocycles. The molecule has 0 saturated carbocycles. The molecule has 1 saturated heterocycles. The van der Waals surface area contributed by atoms with Gasteiger partial charge in [-0.15, -0.1) is 0 Å². The average molecular weight is 154 g/mol. The molecule has 10 heavy (non-hydrogen) atoms. The van der Waals surface area contributed by atoms with Crippen molar-refractivity contribution in [2.45, 2.75) is 18.9 Å². The Morgan fingerprint density at radius 2 is 2.60 bits per heavy atom. The molecule has 0 radical (unpaired) electrons. The lowest BCUT2D eigenvalue weighted by Crippen LogP contribution is -1.88. The number of hydrogen-bond acceptors (Lipinski definition) is 2. The summed E-state index contributed by atoms with van der Waals surface area (Å²) in [6.45, 7) is 0.990. The van der Waals surface area contributed by atoms with Crippen molar-refractivity contribution in [3.8, 4) is 0 Å². The number of rotatable bonds is 3. The van der Waals surface area contributed by atoms with E-state index in [-0.39, 0.29) is 0 Å². The Hall–Kier alpha value is -0.340. The molecule has 1 aliphatic rings. The van der Waals surface area contributed by atoms with Crippen molar-refractivity contribution >= 4 is 11.3 Å². The molecule has 2 heteroatoms. The van der Waals surface area contributed by atoms with Crippen molar-refractivity contribution in [2.24, 2.45) is 0 Å². The van der Waals surface area contributed by atoms with Crippen LogP contribution >= 0.6 is 11.3 Å². The quantitative estimate of drug-likeness (QED) is 0.607. The predicted octanol–water partition coefficient (Wildman–Crippen LogP) is 2.08.